The van der Waals surface area contributed by atoms with Gasteiger partial charge in [-0.2, -0.15) is 0 Å². The number of amides is 2. The van der Waals surface area contributed by atoms with Crippen LogP contribution >= 0.6 is 0 Å². The molecule has 200 valence electrons. The van der Waals surface area contributed by atoms with Gasteiger partial charge in [0, 0.05) is 37.3 Å². The molecule has 0 aliphatic carbocycles. The normalized spacial score (nSPS) is 24.0. The van der Waals surface area contributed by atoms with Crippen LogP contribution in [0.2, 0.25) is 0 Å². The Bertz CT molecular complexity index is 1030. The number of benzene rings is 2. The molecule has 2 amide bonds. The van der Waals surface area contributed by atoms with Gasteiger partial charge in [0.05, 0.1) is 31.5 Å². The van der Waals surface area contributed by atoms with Crippen LogP contribution in [0.3, 0.4) is 0 Å². The summed E-state index contributed by atoms with van der Waals surface area (Å²) in [5.74, 6) is -0.502. The zero-order valence-electron chi connectivity index (χ0n) is 21.0. The highest BCUT2D eigenvalue weighted by molar-refractivity contribution is 5.91. The van der Waals surface area contributed by atoms with Crippen LogP contribution in [0.4, 0.5) is 10.5 Å². The van der Waals surface area contributed by atoms with Gasteiger partial charge in [-0.25, -0.2) is 4.79 Å². The molecule has 2 saturated heterocycles. The molecule has 2 heterocycles. The fourth-order valence-corrected chi connectivity index (χ4v) is 4.56. The predicted octanol–water partition coefficient (Wildman–Crippen LogP) is 2.48. The highest BCUT2D eigenvalue weighted by atomic mass is 16.7. The fraction of sp³-hybridized carbons (Fsp3) is 0.481. The summed E-state index contributed by atoms with van der Waals surface area (Å²) >= 11 is 0. The van der Waals surface area contributed by atoms with Gasteiger partial charge in [-0.05, 0) is 36.6 Å². The Morgan fingerprint density at radius 3 is 2.46 bits per heavy atom. The Balaban J connectivity index is 1.42. The lowest BCUT2D eigenvalue weighted by molar-refractivity contribution is -0.252. The highest BCUT2D eigenvalue weighted by Gasteiger charge is 2.34. The number of nitrogens with zero attached hydrogens (tertiary/aromatic N) is 1. The number of hydrogen-bond acceptors (Lipinski definition) is 8. The van der Waals surface area contributed by atoms with Crippen LogP contribution < -0.4 is 10.6 Å². The van der Waals surface area contributed by atoms with Crippen molar-refractivity contribution in [1.29, 1.82) is 0 Å². The van der Waals surface area contributed by atoms with E-state index in [2.05, 4.69) is 15.5 Å². The van der Waals surface area contributed by atoms with Crippen molar-refractivity contribution in [2.24, 2.45) is 0 Å². The van der Waals surface area contributed by atoms with E-state index in [4.69, 9.17) is 14.2 Å². The monoisotopic (exact) mass is 513 g/mol. The van der Waals surface area contributed by atoms with Crippen molar-refractivity contribution in [3.8, 4) is 0 Å². The predicted molar refractivity (Wildman–Crippen MR) is 136 cm³/mol. The second kappa shape index (κ2) is 13.0. The number of carbonyl (C=O) groups is 2. The zero-order chi connectivity index (χ0) is 26.2. The molecule has 4 unspecified atom stereocenters. The first-order chi connectivity index (χ1) is 17.9. The van der Waals surface area contributed by atoms with Crippen LogP contribution in [0.5, 0.6) is 0 Å². The average Bonchev–Trinajstić information content (AvgIpc) is 3.32. The number of rotatable bonds is 9. The van der Waals surface area contributed by atoms with Crippen molar-refractivity contribution < 1.29 is 34.0 Å². The van der Waals surface area contributed by atoms with Gasteiger partial charge in [-0.1, -0.05) is 36.4 Å². The molecule has 0 spiro atoms. The van der Waals surface area contributed by atoms with E-state index in [9.17, 15) is 19.8 Å². The van der Waals surface area contributed by atoms with Crippen LogP contribution in [0.1, 0.15) is 48.8 Å². The third-order valence-electron chi connectivity index (χ3n) is 6.46. The Kier molecular flexibility index (Phi) is 9.48. The van der Waals surface area contributed by atoms with Gasteiger partial charge < -0.3 is 35.1 Å². The van der Waals surface area contributed by atoms with Crippen molar-refractivity contribution in [3.63, 3.8) is 0 Å². The third kappa shape index (κ3) is 7.73. The Labute approximate surface area is 216 Å². The number of nitrogens with one attached hydrogen (secondary N) is 2. The fourth-order valence-electron chi connectivity index (χ4n) is 4.56. The van der Waals surface area contributed by atoms with Crippen LogP contribution in [0, 0.1) is 0 Å². The van der Waals surface area contributed by atoms with Crippen LogP contribution in [0.25, 0.3) is 0 Å². The number of aliphatic hydroxyl groups is 2. The van der Waals surface area contributed by atoms with Crippen molar-refractivity contribution in [2.45, 2.75) is 51.0 Å². The number of urea groups is 1. The second-order valence-corrected chi connectivity index (χ2v) is 9.29. The molecule has 2 fully saturated rings. The first kappa shape index (κ1) is 27.0. The second-order valence-electron chi connectivity index (χ2n) is 9.29. The zero-order valence-corrected chi connectivity index (χ0v) is 21.0. The molecule has 2 aromatic carbocycles. The minimum Gasteiger partial charge on any atom is -0.465 e. The first-order valence-corrected chi connectivity index (χ1v) is 12.6. The molecular formula is C27H35N3O7. The van der Waals surface area contributed by atoms with E-state index in [1.54, 1.807) is 19.1 Å². The van der Waals surface area contributed by atoms with Crippen molar-refractivity contribution in [2.75, 3.05) is 38.1 Å². The first-order valence-electron chi connectivity index (χ1n) is 12.6. The van der Waals surface area contributed by atoms with Crippen LogP contribution in [-0.4, -0.2) is 72.1 Å². The lowest BCUT2D eigenvalue weighted by Crippen LogP contribution is -2.38. The molecule has 4 rings (SSSR count). The summed E-state index contributed by atoms with van der Waals surface area (Å²) in [6.45, 7) is 3.90. The quantitative estimate of drug-likeness (QED) is 0.377. The number of hydrogen-bond donors (Lipinski definition) is 4. The van der Waals surface area contributed by atoms with Crippen LogP contribution in [-0.2, 0) is 25.6 Å². The molecule has 0 aromatic heterocycles. The van der Waals surface area contributed by atoms with Gasteiger partial charge in [0.15, 0.2) is 6.29 Å². The molecule has 0 saturated carbocycles. The van der Waals surface area contributed by atoms with E-state index in [-0.39, 0.29) is 38.1 Å². The largest absolute Gasteiger partial charge is 0.465 e. The van der Waals surface area contributed by atoms with Gasteiger partial charge in [-0.15, -0.1) is 0 Å². The molecule has 0 radical (unpaired) electrons. The SMILES string of the molecule is CCOC(=O)CNC(=O)Nc1ccc(C2OC(CN3CCC(O)C3)CC(c3ccc(CO)cc3)O2)cc1. The third-order valence-corrected chi connectivity index (χ3v) is 6.46. The maximum atomic E-state index is 12.1. The average molecular weight is 514 g/mol. The molecule has 10 nitrogen and oxygen atoms in total. The summed E-state index contributed by atoms with van der Waals surface area (Å²) < 4.78 is 17.5. The number of esters is 1. The van der Waals surface area contributed by atoms with Gasteiger partial charge >= 0.3 is 12.0 Å². The smallest absolute Gasteiger partial charge is 0.325 e. The molecular weight excluding hydrogens is 478 g/mol. The summed E-state index contributed by atoms with van der Waals surface area (Å²) in [7, 11) is 0. The Hall–Kier alpha value is -3.02. The van der Waals surface area contributed by atoms with Gasteiger partial charge in [-0.3, -0.25) is 9.69 Å². The van der Waals surface area contributed by atoms with Crippen molar-refractivity contribution >= 4 is 17.7 Å². The molecule has 4 atom stereocenters. The molecule has 37 heavy (non-hydrogen) atoms. The summed E-state index contributed by atoms with van der Waals surface area (Å²) in [5.41, 5.74) is 3.21. The van der Waals surface area contributed by atoms with E-state index in [1.807, 2.05) is 36.4 Å². The number of anilines is 1. The van der Waals surface area contributed by atoms with E-state index in [1.165, 1.54) is 0 Å². The topological polar surface area (TPSA) is 130 Å². The van der Waals surface area contributed by atoms with Gasteiger partial charge in [0.25, 0.3) is 0 Å². The van der Waals surface area contributed by atoms with E-state index in [0.29, 0.717) is 25.2 Å². The Morgan fingerprint density at radius 2 is 1.81 bits per heavy atom. The van der Waals surface area contributed by atoms with E-state index >= 15 is 0 Å². The molecule has 4 N–H and O–H groups in total. The molecule has 2 aromatic rings. The van der Waals surface area contributed by atoms with Crippen molar-refractivity contribution in [3.05, 3.63) is 65.2 Å². The summed E-state index contributed by atoms with van der Waals surface area (Å²) in [4.78, 5) is 25.7. The molecule has 10 heteroatoms. The molecule has 2 aliphatic rings. The highest BCUT2D eigenvalue weighted by Crippen LogP contribution is 2.38. The van der Waals surface area contributed by atoms with E-state index in [0.717, 1.165) is 29.7 Å². The van der Waals surface area contributed by atoms with Crippen molar-refractivity contribution in [1.82, 2.24) is 10.2 Å². The minimum absolute atomic E-state index is 0.0152. The van der Waals surface area contributed by atoms with Gasteiger partial charge in [0.1, 0.15) is 6.54 Å². The summed E-state index contributed by atoms with van der Waals surface area (Å²) in [6.07, 6.45) is 0.225. The summed E-state index contributed by atoms with van der Waals surface area (Å²) in [6, 6.07) is 14.4. The standard InChI is InChI=1S/C27H35N3O7/c1-2-35-25(33)14-28-27(34)29-21-9-7-20(8-10-21)26-36-23(16-30-12-11-22(32)15-30)13-24(37-26)19-5-3-18(17-31)4-6-19/h3-10,22-24,26,31-32H,2,11-17H2,1H3,(H2,28,29,34). The molecule has 0 bridgehead atoms. The lowest BCUT2D eigenvalue weighted by atomic mass is 9.99. The maximum Gasteiger partial charge on any atom is 0.325 e. The minimum atomic E-state index is -0.611. The van der Waals surface area contributed by atoms with E-state index < -0.39 is 18.3 Å². The number of carbonyl (C=O) groups excluding carboxylic acids is 2. The molecule has 2 aliphatic heterocycles. The lowest BCUT2D eigenvalue weighted by Gasteiger charge is -2.37. The van der Waals surface area contributed by atoms with Crippen LogP contribution in [0.15, 0.2) is 48.5 Å². The number of aliphatic hydroxyl groups excluding tert-OH is 2. The Morgan fingerprint density at radius 1 is 1.08 bits per heavy atom. The number of ether oxygens (including phenoxy) is 3. The number of likely N-dealkylation sites (tertiary alicyclic amines) is 1. The van der Waals surface area contributed by atoms with Gasteiger partial charge in [0.2, 0.25) is 0 Å². The number of β-amino-alcohol motifs (C(OH)–C–C–N with tert-alkyl or cyclic N) is 1. The maximum absolute atomic E-state index is 12.1. The summed E-state index contributed by atoms with van der Waals surface area (Å²) in [5, 5.41) is 24.4.